The number of rotatable bonds is 8. The number of pyridine rings is 1. The largest absolute Gasteiger partial charge is 0.507 e. The summed E-state index contributed by atoms with van der Waals surface area (Å²) in [4.78, 5) is 31.5. The maximum absolute atomic E-state index is 13.7. The van der Waals surface area contributed by atoms with Gasteiger partial charge in [-0.2, -0.15) is 10.5 Å². The number of hydrogen-bond acceptors (Lipinski definition) is 11. The quantitative estimate of drug-likeness (QED) is 0.105. The van der Waals surface area contributed by atoms with Crippen LogP contribution in [0.25, 0.3) is 0 Å². The number of aromatic nitrogens is 1. The highest BCUT2D eigenvalue weighted by molar-refractivity contribution is 6.37. The average Bonchev–Trinajstić information content (AvgIpc) is 3.00. The summed E-state index contributed by atoms with van der Waals surface area (Å²) in [6.07, 6.45) is 2.12. The van der Waals surface area contributed by atoms with Crippen LogP contribution in [0.2, 0.25) is 5.02 Å². The Hall–Kier alpha value is -5.78. The monoisotopic (exact) mass is 604 g/mol. The summed E-state index contributed by atoms with van der Waals surface area (Å²) < 4.78 is 0. The Morgan fingerprint density at radius 2 is 1.68 bits per heavy atom. The van der Waals surface area contributed by atoms with E-state index in [0.29, 0.717) is 11.3 Å². The standard InChI is InChI=1S/C32H25ClN8O3/c1-3-4-12-37-18-8-10-19(11-9-18)38-32-27(16(2)21(15-35)31(36)39-32)40-41-28-22(33)13-17(14-34)24-26(28)30(44)25-20(29(24)43)6-5-7-23(25)42/h5-11,13,37,42H,3-4,12H2,1-2H3,(H3,36,38,39). The molecule has 0 radical (unpaired) electrons. The van der Waals surface area contributed by atoms with E-state index in [4.69, 9.17) is 17.3 Å². The zero-order chi connectivity index (χ0) is 31.5. The molecule has 0 unspecified atom stereocenters. The molecule has 4 aromatic rings. The summed E-state index contributed by atoms with van der Waals surface area (Å²) in [7, 11) is 0. The smallest absolute Gasteiger partial charge is 0.200 e. The van der Waals surface area contributed by atoms with Crippen LogP contribution in [0.1, 0.15) is 68.3 Å². The van der Waals surface area contributed by atoms with Crippen molar-refractivity contribution in [3.05, 3.63) is 92.5 Å². The summed E-state index contributed by atoms with van der Waals surface area (Å²) in [5, 5.41) is 44.9. The van der Waals surface area contributed by atoms with E-state index in [9.17, 15) is 25.2 Å². The molecule has 0 amide bonds. The Labute approximate surface area is 257 Å². The number of nitrogens with zero attached hydrogens (tertiary/aromatic N) is 5. The molecule has 5 rings (SSSR count). The summed E-state index contributed by atoms with van der Waals surface area (Å²) in [6.45, 7) is 4.59. The molecule has 5 N–H and O–H groups in total. The molecule has 12 heteroatoms. The maximum atomic E-state index is 13.7. The normalized spacial score (nSPS) is 11.9. The van der Waals surface area contributed by atoms with Crippen LogP contribution >= 0.6 is 11.6 Å². The summed E-state index contributed by atoms with van der Waals surface area (Å²) in [5.41, 5.74) is 7.22. The van der Waals surface area contributed by atoms with Gasteiger partial charge in [-0.15, -0.1) is 10.2 Å². The van der Waals surface area contributed by atoms with E-state index in [1.807, 2.05) is 36.4 Å². The number of halogens is 1. The number of unbranched alkanes of at least 4 members (excludes halogenated alkanes) is 1. The third-order valence-electron chi connectivity index (χ3n) is 7.15. The van der Waals surface area contributed by atoms with Crippen molar-refractivity contribution in [1.82, 2.24) is 4.98 Å². The molecule has 1 aliphatic carbocycles. The van der Waals surface area contributed by atoms with Gasteiger partial charge < -0.3 is 21.5 Å². The van der Waals surface area contributed by atoms with Crippen molar-refractivity contribution in [2.24, 2.45) is 10.2 Å². The lowest BCUT2D eigenvalue weighted by Crippen LogP contribution is -2.22. The Balaban J connectivity index is 1.62. The fourth-order valence-corrected chi connectivity index (χ4v) is 5.14. The van der Waals surface area contributed by atoms with Crippen molar-refractivity contribution in [3.63, 3.8) is 0 Å². The number of phenolic OH excluding ortho intramolecular Hbond substituents is 1. The first-order valence-corrected chi connectivity index (χ1v) is 14.0. The number of benzene rings is 3. The molecule has 0 saturated carbocycles. The molecule has 0 bridgehead atoms. The highest BCUT2D eigenvalue weighted by Crippen LogP contribution is 2.43. The fraction of sp³-hybridized carbons (Fsp3) is 0.156. The lowest BCUT2D eigenvalue weighted by molar-refractivity contribution is 0.0977. The molecule has 218 valence electrons. The van der Waals surface area contributed by atoms with Gasteiger partial charge in [-0.25, -0.2) is 4.98 Å². The van der Waals surface area contributed by atoms with Gasteiger partial charge in [-0.3, -0.25) is 9.59 Å². The second-order valence-electron chi connectivity index (χ2n) is 9.96. The SMILES string of the molecule is CCCCNc1ccc(Nc2nc(N)c(C#N)c(C)c2N=Nc2c(Cl)cc(C#N)c3c2C(=O)c2c(O)cccc2C3=O)cc1. The van der Waals surface area contributed by atoms with Crippen molar-refractivity contribution in [2.75, 3.05) is 22.9 Å². The number of phenols is 1. The van der Waals surface area contributed by atoms with E-state index < -0.39 is 17.3 Å². The molecular formula is C32H25ClN8O3. The molecule has 3 aromatic carbocycles. The molecule has 0 spiro atoms. The molecule has 1 heterocycles. The van der Waals surface area contributed by atoms with Crippen molar-refractivity contribution >= 4 is 57.6 Å². The Kier molecular flexibility index (Phi) is 8.25. The Morgan fingerprint density at radius 1 is 0.977 bits per heavy atom. The number of nitrogens with two attached hydrogens (primary N) is 1. The molecule has 0 atom stereocenters. The summed E-state index contributed by atoms with van der Waals surface area (Å²) >= 11 is 6.50. The summed E-state index contributed by atoms with van der Waals surface area (Å²) in [6, 6.07) is 16.7. The predicted octanol–water partition coefficient (Wildman–Crippen LogP) is 7.22. The van der Waals surface area contributed by atoms with Gasteiger partial charge in [0.1, 0.15) is 29.0 Å². The molecule has 1 aromatic heterocycles. The van der Waals surface area contributed by atoms with Gasteiger partial charge in [0.05, 0.1) is 38.9 Å². The van der Waals surface area contributed by atoms with E-state index in [-0.39, 0.29) is 61.4 Å². The molecule has 0 aliphatic heterocycles. The van der Waals surface area contributed by atoms with E-state index in [1.165, 1.54) is 24.3 Å². The predicted molar refractivity (Wildman–Crippen MR) is 167 cm³/mol. The molecule has 0 fully saturated rings. The van der Waals surface area contributed by atoms with Gasteiger partial charge in [-0.1, -0.05) is 37.1 Å². The van der Waals surface area contributed by atoms with Crippen LogP contribution in [-0.2, 0) is 0 Å². The van der Waals surface area contributed by atoms with Crippen LogP contribution in [0, 0.1) is 29.6 Å². The maximum Gasteiger partial charge on any atom is 0.200 e. The first-order valence-electron chi connectivity index (χ1n) is 13.6. The second-order valence-corrected chi connectivity index (χ2v) is 10.4. The van der Waals surface area contributed by atoms with E-state index in [2.05, 4.69) is 32.8 Å². The number of hydrogen-bond donors (Lipinski definition) is 4. The number of nitriles is 2. The van der Waals surface area contributed by atoms with Crippen LogP contribution in [-0.4, -0.2) is 28.2 Å². The minimum absolute atomic E-state index is 0.0223. The number of azo groups is 1. The number of anilines is 4. The van der Waals surface area contributed by atoms with Gasteiger partial charge in [-0.05, 0) is 49.7 Å². The molecule has 1 aliphatic rings. The van der Waals surface area contributed by atoms with Crippen LogP contribution in [0.5, 0.6) is 5.75 Å². The Bertz CT molecular complexity index is 1960. The van der Waals surface area contributed by atoms with Gasteiger partial charge in [0.25, 0.3) is 0 Å². The van der Waals surface area contributed by atoms with Gasteiger partial charge in [0.15, 0.2) is 11.6 Å². The first kappa shape index (κ1) is 29.7. The van der Waals surface area contributed by atoms with Crippen LogP contribution in [0.15, 0.2) is 58.8 Å². The number of carbonyl (C=O) groups excluding carboxylic acids is 2. The molecular weight excluding hydrogens is 580 g/mol. The zero-order valence-electron chi connectivity index (χ0n) is 23.7. The topological polar surface area (TPSA) is 190 Å². The zero-order valence-corrected chi connectivity index (χ0v) is 24.5. The average molecular weight is 605 g/mol. The number of nitrogens with one attached hydrogen (secondary N) is 2. The second kappa shape index (κ2) is 12.2. The minimum Gasteiger partial charge on any atom is -0.507 e. The summed E-state index contributed by atoms with van der Waals surface area (Å²) in [5.74, 6) is -1.62. The minimum atomic E-state index is -0.739. The highest BCUT2D eigenvalue weighted by Gasteiger charge is 2.37. The first-order chi connectivity index (χ1) is 21.2. The number of ketones is 2. The number of nitrogen functional groups attached to an aromatic ring is 1. The van der Waals surface area contributed by atoms with E-state index >= 15 is 0 Å². The van der Waals surface area contributed by atoms with E-state index in [1.54, 1.807) is 6.92 Å². The van der Waals surface area contributed by atoms with Crippen molar-refractivity contribution in [3.8, 4) is 17.9 Å². The number of aromatic hydroxyl groups is 1. The van der Waals surface area contributed by atoms with E-state index in [0.717, 1.165) is 25.1 Å². The number of fused-ring (bicyclic) bond motifs is 2. The Morgan fingerprint density at radius 3 is 2.36 bits per heavy atom. The van der Waals surface area contributed by atoms with Crippen LogP contribution in [0.3, 0.4) is 0 Å². The third kappa shape index (κ3) is 5.28. The van der Waals surface area contributed by atoms with Crippen molar-refractivity contribution in [1.29, 1.82) is 10.5 Å². The van der Waals surface area contributed by atoms with Gasteiger partial charge in [0.2, 0.25) is 5.78 Å². The molecule has 44 heavy (non-hydrogen) atoms. The van der Waals surface area contributed by atoms with Gasteiger partial charge in [0, 0.05) is 29.0 Å². The third-order valence-corrected chi connectivity index (χ3v) is 7.44. The number of carbonyl (C=O) groups is 2. The molecule has 0 saturated heterocycles. The van der Waals surface area contributed by atoms with Gasteiger partial charge >= 0.3 is 0 Å². The van der Waals surface area contributed by atoms with Crippen molar-refractivity contribution < 1.29 is 14.7 Å². The lowest BCUT2D eigenvalue weighted by atomic mass is 9.80. The van der Waals surface area contributed by atoms with Crippen LogP contribution < -0.4 is 16.4 Å². The van der Waals surface area contributed by atoms with Crippen LogP contribution in [0.4, 0.5) is 34.4 Å². The van der Waals surface area contributed by atoms with Crippen molar-refractivity contribution in [2.45, 2.75) is 26.7 Å². The highest BCUT2D eigenvalue weighted by atomic mass is 35.5. The fourth-order valence-electron chi connectivity index (χ4n) is 4.90. The lowest BCUT2D eigenvalue weighted by Gasteiger charge is -2.21. The molecule has 11 nitrogen and oxygen atoms in total.